The van der Waals surface area contributed by atoms with E-state index in [1.165, 1.54) is 0 Å². The molecule has 2 aromatic carbocycles. The SMILES string of the molecule is N#CC1CCCN(C(=O)c2ccc3ccccc3c2)C1. The lowest BCUT2D eigenvalue weighted by atomic mass is 9.98. The second kappa shape index (κ2) is 5.34. The van der Waals surface area contributed by atoms with E-state index in [0.717, 1.165) is 30.2 Å². The van der Waals surface area contributed by atoms with Crippen LogP contribution in [0.2, 0.25) is 0 Å². The van der Waals surface area contributed by atoms with Crippen molar-refractivity contribution in [2.45, 2.75) is 12.8 Å². The smallest absolute Gasteiger partial charge is 0.253 e. The number of benzene rings is 2. The highest BCUT2D eigenvalue weighted by molar-refractivity contribution is 5.98. The molecule has 1 heterocycles. The number of amides is 1. The zero-order valence-electron chi connectivity index (χ0n) is 11.2. The Labute approximate surface area is 118 Å². The van der Waals surface area contributed by atoms with Crippen LogP contribution in [-0.2, 0) is 0 Å². The van der Waals surface area contributed by atoms with Gasteiger partial charge in [0.05, 0.1) is 12.0 Å². The van der Waals surface area contributed by atoms with Crippen LogP contribution in [0, 0.1) is 17.2 Å². The van der Waals surface area contributed by atoms with E-state index in [0.29, 0.717) is 12.1 Å². The second-order valence-electron chi connectivity index (χ2n) is 5.28. The Morgan fingerprint density at radius 2 is 2.00 bits per heavy atom. The molecule has 20 heavy (non-hydrogen) atoms. The quantitative estimate of drug-likeness (QED) is 0.793. The van der Waals surface area contributed by atoms with Crippen LogP contribution in [-0.4, -0.2) is 23.9 Å². The van der Waals surface area contributed by atoms with Crippen molar-refractivity contribution >= 4 is 16.7 Å². The maximum Gasteiger partial charge on any atom is 0.253 e. The van der Waals surface area contributed by atoms with Gasteiger partial charge in [0.2, 0.25) is 0 Å². The van der Waals surface area contributed by atoms with Crippen molar-refractivity contribution in [1.29, 1.82) is 5.26 Å². The summed E-state index contributed by atoms with van der Waals surface area (Å²) in [5.74, 6) is 0.0175. The standard InChI is InChI=1S/C17H16N2O/c18-11-13-4-3-9-19(12-13)17(20)16-8-7-14-5-1-2-6-15(14)10-16/h1-2,5-8,10,13H,3-4,9,12H2. The number of likely N-dealkylation sites (tertiary alicyclic amines) is 1. The highest BCUT2D eigenvalue weighted by Gasteiger charge is 2.24. The van der Waals surface area contributed by atoms with Gasteiger partial charge in [-0.15, -0.1) is 0 Å². The molecule has 1 saturated heterocycles. The van der Waals surface area contributed by atoms with Gasteiger partial charge >= 0.3 is 0 Å². The molecule has 3 heteroatoms. The second-order valence-corrected chi connectivity index (χ2v) is 5.28. The van der Waals surface area contributed by atoms with E-state index >= 15 is 0 Å². The first kappa shape index (κ1) is 12.7. The number of piperidine rings is 1. The zero-order valence-corrected chi connectivity index (χ0v) is 11.2. The summed E-state index contributed by atoms with van der Waals surface area (Å²) in [6.07, 6.45) is 1.82. The van der Waals surface area contributed by atoms with Crippen molar-refractivity contribution in [2.24, 2.45) is 5.92 Å². The number of nitriles is 1. The molecule has 0 bridgehead atoms. The summed E-state index contributed by atoms with van der Waals surface area (Å²) >= 11 is 0. The molecule has 1 fully saturated rings. The van der Waals surface area contributed by atoms with Gasteiger partial charge in [-0.1, -0.05) is 30.3 Å². The molecule has 0 aromatic heterocycles. The monoisotopic (exact) mass is 264 g/mol. The van der Waals surface area contributed by atoms with E-state index in [-0.39, 0.29) is 11.8 Å². The summed E-state index contributed by atoms with van der Waals surface area (Å²) in [4.78, 5) is 14.3. The molecule has 0 radical (unpaired) electrons. The molecule has 3 rings (SSSR count). The summed E-state index contributed by atoms with van der Waals surface area (Å²) in [5, 5.41) is 11.2. The normalized spacial score (nSPS) is 18.8. The molecule has 3 nitrogen and oxygen atoms in total. The third-order valence-corrected chi connectivity index (χ3v) is 3.89. The lowest BCUT2D eigenvalue weighted by Crippen LogP contribution is -2.39. The summed E-state index contributed by atoms with van der Waals surface area (Å²) in [5.41, 5.74) is 0.710. The van der Waals surface area contributed by atoms with Crippen LogP contribution in [0.3, 0.4) is 0 Å². The van der Waals surface area contributed by atoms with E-state index in [1.807, 2.05) is 47.4 Å². The molecule has 0 spiro atoms. The Balaban J connectivity index is 1.86. The third-order valence-electron chi connectivity index (χ3n) is 3.89. The van der Waals surface area contributed by atoms with E-state index < -0.39 is 0 Å². The van der Waals surface area contributed by atoms with Crippen LogP contribution in [0.4, 0.5) is 0 Å². The van der Waals surface area contributed by atoms with E-state index in [2.05, 4.69) is 6.07 Å². The lowest BCUT2D eigenvalue weighted by Gasteiger charge is -2.29. The first-order chi connectivity index (χ1) is 9.78. The van der Waals surface area contributed by atoms with Gasteiger partial charge in [0, 0.05) is 18.7 Å². The molecule has 2 aromatic rings. The Kier molecular flexibility index (Phi) is 3.39. The molecule has 1 unspecified atom stereocenters. The Morgan fingerprint density at radius 3 is 2.80 bits per heavy atom. The largest absolute Gasteiger partial charge is 0.337 e. The molecule has 1 atom stereocenters. The fourth-order valence-electron chi connectivity index (χ4n) is 2.77. The lowest BCUT2D eigenvalue weighted by molar-refractivity contribution is 0.0699. The van der Waals surface area contributed by atoms with Gasteiger partial charge in [0.1, 0.15) is 0 Å². The zero-order chi connectivity index (χ0) is 13.9. The molecule has 100 valence electrons. The van der Waals surface area contributed by atoms with Crippen LogP contribution < -0.4 is 0 Å². The fraction of sp³-hybridized carbons (Fsp3) is 0.294. The van der Waals surface area contributed by atoms with Gasteiger partial charge in [-0.05, 0) is 35.7 Å². The summed E-state index contributed by atoms with van der Waals surface area (Å²) in [6, 6.07) is 16.1. The molecule has 1 aliphatic heterocycles. The first-order valence-electron chi connectivity index (χ1n) is 6.95. The van der Waals surface area contributed by atoms with Crippen LogP contribution in [0.5, 0.6) is 0 Å². The van der Waals surface area contributed by atoms with Crippen molar-refractivity contribution in [3.63, 3.8) is 0 Å². The predicted octanol–water partition coefficient (Wildman–Crippen LogP) is 3.22. The van der Waals surface area contributed by atoms with Gasteiger partial charge in [-0.2, -0.15) is 5.26 Å². The van der Waals surface area contributed by atoms with Crippen molar-refractivity contribution in [3.05, 3.63) is 48.0 Å². The number of nitrogens with zero attached hydrogens (tertiary/aromatic N) is 2. The molecular formula is C17H16N2O. The highest BCUT2D eigenvalue weighted by atomic mass is 16.2. The van der Waals surface area contributed by atoms with Gasteiger partial charge in [-0.25, -0.2) is 0 Å². The van der Waals surface area contributed by atoms with E-state index in [9.17, 15) is 4.79 Å². The first-order valence-corrected chi connectivity index (χ1v) is 6.95. The van der Waals surface area contributed by atoms with Gasteiger partial charge in [-0.3, -0.25) is 4.79 Å². The number of hydrogen-bond acceptors (Lipinski definition) is 2. The number of carbonyl (C=O) groups excluding carboxylic acids is 1. The minimum Gasteiger partial charge on any atom is -0.337 e. The van der Waals surface area contributed by atoms with Gasteiger partial charge in [0.15, 0.2) is 0 Å². The molecule has 1 amide bonds. The Hall–Kier alpha value is -2.34. The van der Waals surface area contributed by atoms with Gasteiger partial charge < -0.3 is 4.90 Å². The number of rotatable bonds is 1. The molecule has 0 aliphatic carbocycles. The van der Waals surface area contributed by atoms with Crippen LogP contribution in [0.15, 0.2) is 42.5 Å². The minimum absolute atomic E-state index is 0.0202. The summed E-state index contributed by atoms with van der Waals surface area (Å²) < 4.78 is 0. The fourth-order valence-corrected chi connectivity index (χ4v) is 2.77. The summed E-state index contributed by atoms with van der Waals surface area (Å²) in [7, 11) is 0. The van der Waals surface area contributed by atoms with Crippen molar-refractivity contribution in [1.82, 2.24) is 4.90 Å². The molecule has 0 N–H and O–H groups in total. The molecular weight excluding hydrogens is 248 g/mol. The maximum absolute atomic E-state index is 12.5. The topological polar surface area (TPSA) is 44.1 Å². The average Bonchev–Trinajstić information content (AvgIpc) is 2.53. The van der Waals surface area contributed by atoms with Crippen molar-refractivity contribution in [3.8, 4) is 6.07 Å². The minimum atomic E-state index is -0.0202. The Bertz CT molecular complexity index is 687. The molecule has 0 saturated carbocycles. The predicted molar refractivity (Wildman–Crippen MR) is 78.2 cm³/mol. The third kappa shape index (κ3) is 2.37. The van der Waals surface area contributed by atoms with E-state index in [4.69, 9.17) is 5.26 Å². The van der Waals surface area contributed by atoms with Crippen LogP contribution in [0.25, 0.3) is 10.8 Å². The Morgan fingerprint density at radius 1 is 1.20 bits per heavy atom. The highest BCUT2D eigenvalue weighted by Crippen LogP contribution is 2.20. The average molecular weight is 264 g/mol. The summed E-state index contributed by atoms with van der Waals surface area (Å²) in [6.45, 7) is 1.31. The van der Waals surface area contributed by atoms with Crippen LogP contribution in [0.1, 0.15) is 23.2 Å². The number of hydrogen-bond donors (Lipinski definition) is 0. The number of fused-ring (bicyclic) bond motifs is 1. The number of carbonyl (C=O) groups is 1. The van der Waals surface area contributed by atoms with Crippen LogP contribution >= 0.6 is 0 Å². The maximum atomic E-state index is 12.5. The molecule has 1 aliphatic rings. The van der Waals surface area contributed by atoms with Crippen molar-refractivity contribution in [2.75, 3.05) is 13.1 Å². The van der Waals surface area contributed by atoms with Gasteiger partial charge in [0.25, 0.3) is 5.91 Å². The van der Waals surface area contributed by atoms with Crippen molar-refractivity contribution < 1.29 is 4.79 Å². The van der Waals surface area contributed by atoms with E-state index in [1.54, 1.807) is 0 Å².